The van der Waals surface area contributed by atoms with Gasteiger partial charge in [0.25, 0.3) is 0 Å². The number of methoxy groups -OCH3 is 1. The van der Waals surface area contributed by atoms with Gasteiger partial charge in [-0.3, -0.25) is 9.88 Å². The number of benzene rings is 2. The number of phenolic OH excluding ortho intramolecular Hbond substituents is 1. The van der Waals surface area contributed by atoms with Crippen molar-refractivity contribution >= 4 is 17.3 Å². The van der Waals surface area contributed by atoms with Crippen LogP contribution in [0.25, 0.3) is 0 Å². The SMILES string of the molecule is COC(=O)c1cccc(O)c1N(CCN1CCN(c2ccccc2)CC1)Cc1ccccn1. The molecule has 1 saturated heterocycles. The van der Waals surface area contributed by atoms with Crippen LogP contribution >= 0.6 is 0 Å². The zero-order valence-corrected chi connectivity index (χ0v) is 18.9. The number of ether oxygens (including phenoxy) is 1. The fraction of sp³-hybridized carbons (Fsp3) is 0.308. The Morgan fingerprint density at radius 1 is 1.00 bits per heavy atom. The highest BCUT2D eigenvalue weighted by atomic mass is 16.5. The molecule has 1 aromatic heterocycles. The maximum absolute atomic E-state index is 12.4. The molecule has 7 heteroatoms. The van der Waals surface area contributed by atoms with Crippen LogP contribution in [-0.4, -0.2) is 67.3 Å². The second kappa shape index (κ2) is 10.8. The summed E-state index contributed by atoms with van der Waals surface area (Å²) in [5, 5.41) is 10.7. The van der Waals surface area contributed by atoms with Crippen molar-refractivity contribution in [1.82, 2.24) is 9.88 Å². The number of phenols is 1. The highest BCUT2D eigenvalue weighted by Gasteiger charge is 2.23. The van der Waals surface area contributed by atoms with Gasteiger partial charge in [-0.05, 0) is 36.4 Å². The van der Waals surface area contributed by atoms with E-state index in [9.17, 15) is 9.90 Å². The van der Waals surface area contributed by atoms with E-state index in [-0.39, 0.29) is 5.75 Å². The summed E-state index contributed by atoms with van der Waals surface area (Å²) in [6.45, 7) is 5.77. The number of aromatic hydroxyl groups is 1. The molecule has 172 valence electrons. The molecule has 2 heterocycles. The van der Waals surface area contributed by atoms with Gasteiger partial charge < -0.3 is 19.6 Å². The van der Waals surface area contributed by atoms with Gasteiger partial charge in [0.15, 0.2) is 0 Å². The Morgan fingerprint density at radius 2 is 1.76 bits per heavy atom. The van der Waals surface area contributed by atoms with Crippen LogP contribution in [0.3, 0.4) is 0 Å². The first-order valence-corrected chi connectivity index (χ1v) is 11.2. The fourth-order valence-electron chi connectivity index (χ4n) is 4.23. The molecule has 0 unspecified atom stereocenters. The number of nitrogens with zero attached hydrogens (tertiary/aromatic N) is 4. The number of anilines is 2. The van der Waals surface area contributed by atoms with Crippen molar-refractivity contribution in [1.29, 1.82) is 0 Å². The molecule has 0 radical (unpaired) electrons. The largest absolute Gasteiger partial charge is 0.506 e. The van der Waals surface area contributed by atoms with E-state index in [1.807, 2.05) is 29.2 Å². The zero-order valence-electron chi connectivity index (χ0n) is 18.9. The van der Waals surface area contributed by atoms with Gasteiger partial charge in [0.05, 0.1) is 30.6 Å². The molecule has 0 saturated carbocycles. The van der Waals surface area contributed by atoms with Gasteiger partial charge in [-0.1, -0.05) is 30.3 Å². The lowest BCUT2D eigenvalue weighted by Crippen LogP contribution is -2.48. The predicted molar refractivity (Wildman–Crippen MR) is 130 cm³/mol. The molecule has 0 spiro atoms. The molecule has 1 aliphatic rings. The summed E-state index contributed by atoms with van der Waals surface area (Å²) in [7, 11) is 1.35. The number of pyridine rings is 1. The normalized spacial score (nSPS) is 14.2. The van der Waals surface area contributed by atoms with Crippen LogP contribution in [0.1, 0.15) is 16.1 Å². The first-order valence-electron chi connectivity index (χ1n) is 11.2. The summed E-state index contributed by atoms with van der Waals surface area (Å²) in [6, 6.07) is 21.2. The number of rotatable bonds is 8. The van der Waals surface area contributed by atoms with E-state index in [1.165, 1.54) is 12.8 Å². The molecule has 0 atom stereocenters. The van der Waals surface area contributed by atoms with E-state index in [1.54, 1.807) is 24.4 Å². The lowest BCUT2D eigenvalue weighted by Gasteiger charge is -2.37. The van der Waals surface area contributed by atoms with Crippen LogP contribution in [0.15, 0.2) is 72.9 Å². The lowest BCUT2D eigenvalue weighted by atomic mass is 10.1. The Kier molecular flexibility index (Phi) is 7.42. The van der Waals surface area contributed by atoms with Crippen LogP contribution in [0.2, 0.25) is 0 Å². The number of hydrogen-bond acceptors (Lipinski definition) is 7. The summed E-state index contributed by atoms with van der Waals surface area (Å²) in [4.78, 5) is 23.7. The first kappa shape index (κ1) is 22.6. The van der Waals surface area contributed by atoms with Crippen molar-refractivity contribution in [2.75, 3.05) is 56.2 Å². The van der Waals surface area contributed by atoms with Crippen LogP contribution in [-0.2, 0) is 11.3 Å². The van der Waals surface area contributed by atoms with E-state index in [4.69, 9.17) is 4.74 Å². The Balaban J connectivity index is 1.48. The van der Waals surface area contributed by atoms with Gasteiger partial charge in [-0.2, -0.15) is 0 Å². The van der Waals surface area contributed by atoms with Crippen molar-refractivity contribution in [2.45, 2.75) is 6.54 Å². The van der Waals surface area contributed by atoms with Crippen LogP contribution in [0, 0.1) is 0 Å². The Morgan fingerprint density at radius 3 is 2.45 bits per heavy atom. The third kappa shape index (κ3) is 5.62. The molecule has 0 aliphatic carbocycles. The van der Waals surface area contributed by atoms with Crippen molar-refractivity contribution in [2.24, 2.45) is 0 Å². The summed E-state index contributed by atoms with van der Waals surface area (Å²) in [5.41, 5.74) is 2.96. The molecule has 0 amide bonds. The second-order valence-electron chi connectivity index (χ2n) is 8.07. The van der Waals surface area contributed by atoms with E-state index in [2.05, 4.69) is 39.0 Å². The van der Waals surface area contributed by atoms with E-state index in [0.29, 0.717) is 24.3 Å². The van der Waals surface area contributed by atoms with Gasteiger partial charge >= 0.3 is 5.97 Å². The number of para-hydroxylation sites is 2. The van der Waals surface area contributed by atoms with E-state index in [0.717, 1.165) is 38.4 Å². The third-order valence-electron chi connectivity index (χ3n) is 6.00. The van der Waals surface area contributed by atoms with Crippen molar-refractivity contribution in [3.05, 3.63) is 84.2 Å². The summed E-state index contributed by atoms with van der Waals surface area (Å²) in [5.74, 6) is -0.411. The average Bonchev–Trinajstić information content (AvgIpc) is 2.87. The number of esters is 1. The smallest absolute Gasteiger partial charge is 0.340 e. The van der Waals surface area contributed by atoms with Crippen LogP contribution < -0.4 is 9.80 Å². The molecule has 2 aromatic carbocycles. The van der Waals surface area contributed by atoms with E-state index < -0.39 is 5.97 Å². The maximum atomic E-state index is 12.4. The molecular weight excluding hydrogens is 416 g/mol. The van der Waals surface area contributed by atoms with Crippen LogP contribution in [0.5, 0.6) is 5.75 Å². The third-order valence-corrected chi connectivity index (χ3v) is 6.00. The molecule has 1 fully saturated rings. The molecule has 1 N–H and O–H groups in total. The minimum atomic E-state index is -0.469. The highest BCUT2D eigenvalue weighted by molar-refractivity contribution is 5.97. The van der Waals surface area contributed by atoms with Gasteiger partial charge in [0.1, 0.15) is 5.75 Å². The van der Waals surface area contributed by atoms with Crippen LogP contribution in [0.4, 0.5) is 11.4 Å². The quantitative estimate of drug-likeness (QED) is 0.532. The number of carbonyl (C=O) groups excluding carboxylic acids is 1. The zero-order chi connectivity index (χ0) is 23.0. The van der Waals surface area contributed by atoms with Crippen molar-refractivity contribution in [3.8, 4) is 5.75 Å². The Bertz CT molecular complexity index is 1040. The highest BCUT2D eigenvalue weighted by Crippen LogP contribution is 2.33. The number of hydrogen-bond donors (Lipinski definition) is 1. The molecule has 0 bridgehead atoms. The summed E-state index contributed by atoms with van der Waals surface area (Å²) >= 11 is 0. The summed E-state index contributed by atoms with van der Waals surface area (Å²) in [6.07, 6.45) is 1.75. The topological polar surface area (TPSA) is 69.1 Å². The molecule has 7 nitrogen and oxygen atoms in total. The number of carbonyl (C=O) groups is 1. The Hall–Kier alpha value is -3.58. The number of piperazine rings is 1. The van der Waals surface area contributed by atoms with Crippen molar-refractivity contribution in [3.63, 3.8) is 0 Å². The average molecular weight is 447 g/mol. The molecule has 1 aliphatic heterocycles. The molecule has 3 aromatic rings. The molecule has 33 heavy (non-hydrogen) atoms. The first-order chi connectivity index (χ1) is 16.2. The second-order valence-corrected chi connectivity index (χ2v) is 8.07. The maximum Gasteiger partial charge on any atom is 0.340 e. The Labute approximate surface area is 194 Å². The molecule has 4 rings (SSSR count). The van der Waals surface area contributed by atoms with Gasteiger partial charge in [0.2, 0.25) is 0 Å². The van der Waals surface area contributed by atoms with E-state index >= 15 is 0 Å². The fourth-order valence-corrected chi connectivity index (χ4v) is 4.23. The number of aromatic nitrogens is 1. The van der Waals surface area contributed by atoms with Gasteiger partial charge in [-0.25, -0.2) is 4.79 Å². The monoisotopic (exact) mass is 446 g/mol. The summed E-state index contributed by atoms with van der Waals surface area (Å²) < 4.78 is 4.97. The van der Waals surface area contributed by atoms with Gasteiger partial charge in [-0.15, -0.1) is 0 Å². The lowest BCUT2D eigenvalue weighted by molar-refractivity contribution is 0.0601. The minimum Gasteiger partial charge on any atom is -0.506 e. The van der Waals surface area contributed by atoms with Crippen molar-refractivity contribution < 1.29 is 14.6 Å². The predicted octanol–water partition coefficient (Wildman–Crippen LogP) is 3.40. The minimum absolute atomic E-state index is 0.0581. The molecular formula is C26H30N4O3. The van der Waals surface area contributed by atoms with Gasteiger partial charge in [0, 0.05) is 51.2 Å². The standard InChI is InChI=1S/C26H30N4O3/c1-33-26(32)23-11-7-12-24(31)25(23)30(20-21-8-5-6-13-27-21)19-16-28-14-17-29(18-15-28)22-9-3-2-4-10-22/h2-13,31H,14-20H2,1H3.